The van der Waals surface area contributed by atoms with Crippen LogP contribution in [0.5, 0.6) is 0 Å². The number of nitrogens with one attached hydrogen (secondary N) is 2. The number of aliphatic hydroxyl groups excluding tert-OH is 1. The maximum atomic E-state index is 11.7. The van der Waals surface area contributed by atoms with E-state index in [0.717, 1.165) is 11.3 Å². The highest BCUT2D eigenvalue weighted by atomic mass is 16.3. The van der Waals surface area contributed by atoms with Gasteiger partial charge in [0, 0.05) is 31.2 Å². The largest absolute Gasteiger partial charge is 0.391 e. The Bertz CT molecular complexity index is 594. The minimum absolute atomic E-state index is 0.267. The Balaban J connectivity index is 1.74. The fraction of sp³-hybridized carbons (Fsp3) is 0.412. The quantitative estimate of drug-likeness (QED) is 0.732. The lowest BCUT2D eigenvalue weighted by molar-refractivity contribution is 0.147. The van der Waals surface area contributed by atoms with Crippen LogP contribution in [0.2, 0.25) is 0 Å². The predicted octanol–water partition coefficient (Wildman–Crippen LogP) is 2.08. The molecule has 6 nitrogen and oxygen atoms in total. The predicted molar refractivity (Wildman–Crippen MR) is 89.3 cm³/mol. The van der Waals surface area contributed by atoms with Crippen molar-refractivity contribution in [3.63, 3.8) is 0 Å². The van der Waals surface area contributed by atoms with E-state index in [2.05, 4.69) is 15.6 Å². The first-order chi connectivity index (χ1) is 11.0. The highest BCUT2D eigenvalue weighted by Gasteiger charge is 2.08. The molecule has 0 saturated carbocycles. The van der Waals surface area contributed by atoms with E-state index >= 15 is 0 Å². The summed E-state index contributed by atoms with van der Waals surface area (Å²) >= 11 is 0. The van der Waals surface area contributed by atoms with E-state index in [1.54, 1.807) is 12.5 Å². The minimum Gasteiger partial charge on any atom is -0.391 e. The number of rotatable bonds is 7. The van der Waals surface area contributed by atoms with Crippen molar-refractivity contribution < 1.29 is 9.90 Å². The van der Waals surface area contributed by atoms with E-state index < -0.39 is 6.10 Å². The van der Waals surface area contributed by atoms with Gasteiger partial charge in [0.15, 0.2) is 0 Å². The van der Waals surface area contributed by atoms with Crippen LogP contribution in [-0.4, -0.2) is 33.3 Å². The van der Waals surface area contributed by atoms with Gasteiger partial charge in [-0.1, -0.05) is 26.0 Å². The van der Waals surface area contributed by atoms with Crippen LogP contribution in [0.1, 0.15) is 25.8 Å². The Labute approximate surface area is 136 Å². The average molecular weight is 316 g/mol. The fourth-order valence-electron chi connectivity index (χ4n) is 2.28. The molecule has 2 aromatic rings. The van der Waals surface area contributed by atoms with Crippen molar-refractivity contribution in [1.29, 1.82) is 0 Å². The number of amides is 2. The van der Waals surface area contributed by atoms with Crippen molar-refractivity contribution in [2.45, 2.75) is 32.9 Å². The lowest BCUT2D eigenvalue weighted by Crippen LogP contribution is -2.39. The third-order valence-corrected chi connectivity index (χ3v) is 3.43. The van der Waals surface area contributed by atoms with E-state index in [9.17, 15) is 9.90 Å². The molecule has 0 aliphatic carbocycles. The van der Waals surface area contributed by atoms with Crippen LogP contribution in [-0.2, 0) is 6.54 Å². The maximum absolute atomic E-state index is 11.7. The number of urea groups is 1. The lowest BCUT2D eigenvalue weighted by atomic mass is 10.1. The maximum Gasteiger partial charge on any atom is 0.315 e. The van der Waals surface area contributed by atoms with Crippen LogP contribution >= 0.6 is 0 Å². The molecule has 6 heteroatoms. The molecule has 1 aromatic carbocycles. The van der Waals surface area contributed by atoms with E-state index in [4.69, 9.17) is 0 Å². The molecule has 0 aliphatic heterocycles. The Morgan fingerprint density at radius 1 is 1.26 bits per heavy atom. The van der Waals surface area contributed by atoms with Gasteiger partial charge >= 0.3 is 6.03 Å². The van der Waals surface area contributed by atoms with Gasteiger partial charge in [0.25, 0.3) is 0 Å². The standard InChI is InChI=1S/C17H24N4O2/c1-13(2)9-16(22)11-20-17(23)19-10-14-3-5-15(6-4-14)21-8-7-18-12-21/h3-8,12-13,16,22H,9-11H2,1-2H3,(H2,19,20,23). The zero-order valence-corrected chi connectivity index (χ0v) is 13.6. The van der Waals surface area contributed by atoms with Crippen LogP contribution in [0.15, 0.2) is 43.0 Å². The summed E-state index contributed by atoms with van der Waals surface area (Å²) in [7, 11) is 0. The summed E-state index contributed by atoms with van der Waals surface area (Å²) in [6.07, 6.45) is 5.52. The number of hydrogen-bond donors (Lipinski definition) is 3. The van der Waals surface area contributed by atoms with Crippen molar-refractivity contribution in [1.82, 2.24) is 20.2 Å². The van der Waals surface area contributed by atoms with Crippen LogP contribution in [0.25, 0.3) is 5.69 Å². The molecule has 1 aromatic heterocycles. The molecule has 1 unspecified atom stereocenters. The van der Waals surface area contributed by atoms with Crippen LogP contribution in [0.3, 0.4) is 0 Å². The van der Waals surface area contributed by atoms with Gasteiger partial charge in [-0.05, 0) is 30.0 Å². The van der Waals surface area contributed by atoms with E-state index in [0.29, 0.717) is 18.9 Å². The summed E-state index contributed by atoms with van der Waals surface area (Å²) in [4.78, 5) is 15.7. The Kier molecular flexibility index (Phi) is 6.17. The van der Waals surface area contributed by atoms with Gasteiger partial charge in [-0.25, -0.2) is 9.78 Å². The molecule has 23 heavy (non-hydrogen) atoms. The summed E-state index contributed by atoms with van der Waals surface area (Å²) in [6.45, 7) is 4.79. The second kappa shape index (κ2) is 8.33. The van der Waals surface area contributed by atoms with Crippen molar-refractivity contribution in [3.8, 4) is 5.69 Å². The summed E-state index contributed by atoms with van der Waals surface area (Å²) < 4.78 is 1.92. The van der Waals surface area contributed by atoms with E-state index in [1.165, 1.54) is 0 Å². The fourth-order valence-corrected chi connectivity index (χ4v) is 2.28. The Morgan fingerprint density at radius 2 is 2.00 bits per heavy atom. The number of imidazole rings is 1. The topological polar surface area (TPSA) is 79.2 Å². The first-order valence-corrected chi connectivity index (χ1v) is 7.81. The summed E-state index contributed by atoms with van der Waals surface area (Å²) in [5.41, 5.74) is 2.03. The first-order valence-electron chi connectivity index (χ1n) is 7.81. The van der Waals surface area contributed by atoms with Gasteiger partial charge in [0.1, 0.15) is 0 Å². The molecule has 0 fully saturated rings. The van der Waals surface area contributed by atoms with Gasteiger partial charge in [0.05, 0.1) is 12.4 Å². The van der Waals surface area contributed by atoms with Crippen molar-refractivity contribution in [3.05, 3.63) is 48.5 Å². The van der Waals surface area contributed by atoms with E-state index in [-0.39, 0.29) is 12.6 Å². The lowest BCUT2D eigenvalue weighted by Gasteiger charge is -2.14. The number of aliphatic hydroxyl groups is 1. The molecule has 1 atom stereocenters. The first kappa shape index (κ1) is 17.0. The third-order valence-electron chi connectivity index (χ3n) is 3.43. The molecule has 2 rings (SSSR count). The van der Waals surface area contributed by atoms with E-state index in [1.807, 2.05) is 48.9 Å². The number of benzene rings is 1. The zero-order chi connectivity index (χ0) is 16.7. The molecule has 0 radical (unpaired) electrons. The normalized spacial score (nSPS) is 12.2. The second-order valence-electron chi connectivity index (χ2n) is 5.98. The number of hydrogen-bond acceptors (Lipinski definition) is 3. The molecule has 1 heterocycles. The monoisotopic (exact) mass is 316 g/mol. The molecule has 3 N–H and O–H groups in total. The van der Waals surface area contributed by atoms with Gasteiger partial charge in [0.2, 0.25) is 0 Å². The van der Waals surface area contributed by atoms with Crippen molar-refractivity contribution in [2.24, 2.45) is 5.92 Å². The zero-order valence-electron chi connectivity index (χ0n) is 13.6. The third kappa shape index (κ3) is 5.75. The SMILES string of the molecule is CC(C)CC(O)CNC(=O)NCc1ccc(-n2ccnc2)cc1. The molecule has 2 amide bonds. The molecular formula is C17H24N4O2. The molecular weight excluding hydrogens is 292 g/mol. The number of aromatic nitrogens is 2. The molecule has 0 aliphatic rings. The molecule has 124 valence electrons. The summed E-state index contributed by atoms with van der Waals surface area (Å²) in [5.74, 6) is 0.406. The van der Waals surface area contributed by atoms with Gasteiger partial charge in [-0.3, -0.25) is 0 Å². The minimum atomic E-state index is -0.504. The highest BCUT2D eigenvalue weighted by molar-refractivity contribution is 5.73. The second-order valence-corrected chi connectivity index (χ2v) is 5.98. The highest BCUT2D eigenvalue weighted by Crippen LogP contribution is 2.09. The smallest absolute Gasteiger partial charge is 0.315 e. The number of carbonyl (C=O) groups is 1. The summed E-state index contributed by atoms with van der Waals surface area (Å²) in [5, 5.41) is 15.2. The van der Waals surface area contributed by atoms with Gasteiger partial charge in [-0.2, -0.15) is 0 Å². The van der Waals surface area contributed by atoms with Crippen LogP contribution < -0.4 is 10.6 Å². The van der Waals surface area contributed by atoms with Crippen molar-refractivity contribution in [2.75, 3.05) is 6.54 Å². The van der Waals surface area contributed by atoms with Gasteiger partial charge < -0.3 is 20.3 Å². The molecule has 0 bridgehead atoms. The van der Waals surface area contributed by atoms with Crippen molar-refractivity contribution >= 4 is 6.03 Å². The Morgan fingerprint density at radius 3 is 2.61 bits per heavy atom. The Hall–Kier alpha value is -2.34. The number of nitrogens with zero attached hydrogens (tertiary/aromatic N) is 2. The summed E-state index contributed by atoms with van der Waals surface area (Å²) in [6, 6.07) is 7.60. The van der Waals surface area contributed by atoms with Crippen LogP contribution in [0.4, 0.5) is 4.79 Å². The number of carbonyl (C=O) groups excluding carboxylic acids is 1. The van der Waals surface area contributed by atoms with Gasteiger partial charge in [-0.15, -0.1) is 0 Å². The molecule has 0 spiro atoms. The molecule has 0 saturated heterocycles. The van der Waals surface area contributed by atoms with Crippen LogP contribution in [0, 0.1) is 5.92 Å². The average Bonchev–Trinajstić information content (AvgIpc) is 3.05.